The van der Waals surface area contributed by atoms with Gasteiger partial charge in [-0.1, -0.05) is 0 Å². The number of nitrogens with zero attached hydrogens (tertiary/aromatic N) is 3. The summed E-state index contributed by atoms with van der Waals surface area (Å²) in [5.41, 5.74) is 0.945. The Bertz CT molecular complexity index is 584. The van der Waals surface area contributed by atoms with Crippen LogP contribution in [0.4, 0.5) is 5.82 Å². The second-order valence-corrected chi connectivity index (χ2v) is 5.78. The molecule has 1 atom stereocenters. The molecule has 5 nitrogen and oxygen atoms in total. The summed E-state index contributed by atoms with van der Waals surface area (Å²) in [4.78, 5) is 2.28. The van der Waals surface area contributed by atoms with Crippen LogP contribution in [0.2, 0.25) is 5.22 Å². The normalized spacial score (nSPS) is 19.0. The van der Waals surface area contributed by atoms with E-state index in [0.717, 1.165) is 43.2 Å². The van der Waals surface area contributed by atoms with Gasteiger partial charge < -0.3 is 14.6 Å². The second kappa shape index (κ2) is 6.45. The quantitative estimate of drug-likeness (QED) is 0.941. The lowest BCUT2D eigenvalue weighted by Gasteiger charge is -2.33. The van der Waals surface area contributed by atoms with Crippen LogP contribution in [0, 0.1) is 6.92 Å². The molecule has 0 radical (unpaired) electrons. The fraction of sp³-hybridized carbons (Fsp3) is 0.467. The summed E-state index contributed by atoms with van der Waals surface area (Å²) in [5, 5.41) is 12.4. The third-order valence-corrected chi connectivity index (χ3v) is 3.93. The molecule has 6 heteroatoms. The number of aromatic nitrogens is 2. The monoisotopic (exact) mass is 306 g/mol. The van der Waals surface area contributed by atoms with Gasteiger partial charge in [-0.3, -0.25) is 0 Å². The van der Waals surface area contributed by atoms with Gasteiger partial charge in [0.25, 0.3) is 0 Å². The number of aryl methyl sites for hydroxylation is 1. The van der Waals surface area contributed by atoms with E-state index in [4.69, 9.17) is 16.0 Å². The van der Waals surface area contributed by atoms with Crippen molar-refractivity contribution in [3.05, 3.63) is 40.9 Å². The van der Waals surface area contributed by atoms with Crippen LogP contribution < -0.4 is 10.2 Å². The van der Waals surface area contributed by atoms with Crippen molar-refractivity contribution in [2.45, 2.75) is 32.4 Å². The molecule has 2 aromatic heterocycles. The van der Waals surface area contributed by atoms with E-state index in [-0.39, 0.29) is 0 Å². The predicted molar refractivity (Wildman–Crippen MR) is 82.6 cm³/mol. The number of hydrogen-bond donors (Lipinski definition) is 1. The van der Waals surface area contributed by atoms with E-state index in [2.05, 4.69) is 20.4 Å². The van der Waals surface area contributed by atoms with E-state index in [1.165, 1.54) is 0 Å². The maximum atomic E-state index is 5.78. The van der Waals surface area contributed by atoms with Crippen LogP contribution in [-0.4, -0.2) is 29.3 Å². The SMILES string of the molecule is Cc1ccc(N2CCC[C@H](NCc3ccc(Cl)o3)C2)nn1. The van der Waals surface area contributed by atoms with Crippen molar-refractivity contribution in [3.8, 4) is 0 Å². The number of nitrogens with one attached hydrogen (secondary N) is 1. The van der Waals surface area contributed by atoms with Gasteiger partial charge in [0.15, 0.2) is 11.0 Å². The molecule has 2 aromatic rings. The lowest BCUT2D eigenvalue weighted by atomic mass is 10.1. The first-order valence-corrected chi connectivity index (χ1v) is 7.61. The van der Waals surface area contributed by atoms with Gasteiger partial charge in [0.2, 0.25) is 0 Å². The molecule has 1 aliphatic rings. The molecule has 3 heterocycles. The third-order valence-electron chi connectivity index (χ3n) is 3.72. The molecule has 1 aliphatic heterocycles. The molecule has 1 saturated heterocycles. The van der Waals surface area contributed by atoms with Crippen LogP contribution in [0.5, 0.6) is 0 Å². The maximum absolute atomic E-state index is 5.78. The molecule has 1 fully saturated rings. The van der Waals surface area contributed by atoms with E-state index in [0.29, 0.717) is 17.8 Å². The van der Waals surface area contributed by atoms with E-state index in [1.807, 2.05) is 25.1 Å². The zero-order valence-electron chi connectivity index (χ0n) is 12.1. The molecular weight excluding hydrogens is 288 g/mol. The van der Waals surface area contributed by atoms with Crippen LogP contribution in [0.3, 0.4) is 0 Å². The number of rotatable bonds is 4. The van der Waals surface area contributed by atoms with Crippen LogP contribution in [0.15, 0.2) is 28.7 Å². The molecule has 3 rings (SSSR count). The first-order chi connectivity index (χ1) is 10.2. The topological polar surface area (TPSA) is 54.2 Å². The molecule has 0 spiro atoms. The summed E-state index contributed by atoms with van der Waals surface area (Å²) in [6.07, 6.45) is 2.30. The minimum atomic E-state index is 0.422. The Morgan fingerprint density at radius 1 is 1.33 bits per heavy atom. The summed E-state index contributed by atoms with van der Waals surface area (Å²) in [6, 6.07) is 8.14. The van der Waals surface area contributed by atoms with Crippen LogP contribution >= 0.6 is 11.6 Å². The van der Waals surface area contributed by atoms with Crippen LogP contribution in [0.25, 0.3) is 0 Å². The van der Waals surface area contributed by atoms with Crippen molar-refractivity contribution >= 4 is 17.4 Å². The minimum Gasteiger partial charge on any atom is -0.448 e. The molecule has 0 amide bonds. The minimum absolute atomic E-state index is 0.422. The summed E-state index contributed by atoms with van der Waals surface area (Å²) in [7, 11) is 0. The zero-order chi connectivity index (χ0) is 14.7. The van der Waals surface area contributed by atoms with Crippen molar-refractivity contribution in [1.29, 1.82) is 0 Å². The second-order valence-electron chi connectivity index (χ2n) is 5.40. The average Bonchev–Trinajstić information content (AvgIpc) is 2.92. The van der Waals surface area contributed by atoms with Crippen molar-refractivity contribution < 1.29 is 4.42 Å². The lowest BCUT2D eigenvalue weighted by molar-refractivity contribution is 0.394. The first kappa shape index (κ1) is 14.4. The first-order valence-electron chi connectivity index (χ1n) is 7.23. The van der Waals surface area contributed by atoms with Gasteiger partial charge in [-0.05, 0) is 55.6 Å². The fourth-order valence-corrected chi connectivity index (χ4v) is 2.77. The molecule has 112 valence electrons. The highest BCUT2D eigenvalue weighted by Gasteiger charge is 2.21. The van der Waals surface area contributed by atoms with E-state index in [1.54, 1.807) is 6.07 Å². The number of anilines is 1. The molecule has 21 heavy (non-hydrogen) atoms. The molecule has 0 unspecified atom stereocenters. The highest BCUT2D eigenvalue weighted by molar-refractivity contribution is 6.28. The summed E-state index contributed by atoms with van der Waals surface area (Å²) in [5.74, 6) is 1.82. The van der Waals surface area contributed by atoms with Gasteiger partial charge in [0, 0.05) is 19.1 Å². The molecule has 0 bridgehead atoms. The van der Waals surface area contributed by atoms with Crippen molar-refractivity contribution in [2.75, 3.05) is 18.0 Å². The number of halogens is 1. The van der Waals surface area contributed by atoms with Gasteiger partial charge in [-0.2, -0.15) is 5.10 Å². The molecule has 0 aliphatic carbocycles. The maximum Gasteiger partial charge on any atom is 0.193 e. The largest absolute Gasteiger partial charge is 0.448 e. The highest BCUT2D eigenvalue weighted by Crippen LogP contribution is 2.18. The van der Waals surface area contributed by atoms with E-state index < -0.39 is 0 Å². The lowest BCUT2D eigenvalue weighted by Crippen LogP contribution is -2.45. The fourth-order valence-electron chi connectivity index (χ4n) is 2.60. The smallest absolute Gasteiger partial charge is 0.193 e. The van der Waals surface area contributed by atoms with Gasteiger partial charge in [-0.15, -0.1) is 5.10 Å². The summed E-state index contributed by atoms with van der Waals surface area (Å²) >= 11 is 5.78. The van der Waals surface area contributed by atoms with Crippen LogP contribution in [0.1, 0.15) is 24.3 Å². The number of furan rings is 1. The Morgan fingerprint density at radius 3 is 2.95 bits per heavy atom. The zero-order valence-corrected chi connectivity index (χ0v) is 12.8. The van der Waals surface area contributed by atoms with Gasteiger partial charge in [0.1, 0.15) is 5.76 Å². The van der Waals surface area contributed by atoms with Crippen molar-refractivity contribution in [1.82, 2.24) is 15.5 Å². The van der Waals surface area contributed by atoms with Crippen LogP contribution in [-0.2, 0) is 6.54 Å². The molecule has 0 saturated carbocycles. The van der Waals surface area contributed by atoms with Gasteiger partial charge >= 0.3 is 0 Å². The van der Waals surface area contributed by atoms with E-state index in [9.17, 15) is 0 Å². The van der Waals surface area contributed by atoms with Gasteiger partial charge in [-0.25, -0.2) is 0 Å². The Labute approximate surface area is 129 Å². The Hall–Kier alpha value is -1.59. The molecule has 0 aromatic carbocycles. The Balaban J connectivity index is 1.56. The average molecular weight is 307 g/mol. The highest BCUT2D eigenvalue weighted by atomic mass is 35.5. The van der Waals surface area contributed by atoms with E-state index >= 15 is 0 Å². The number of piperidine rings is 1. The molecule has 1 N–H and O–H groups in total. The standard InChI is InChI=1S/C15H19ClN4O/c1-11-4-7-15(19-18-11)20-8-2-3-12(10-20)17-9-13-5-6-14(16)21-13/h4-7,12,17H,2-3,8-10H2,1H3/t12-/m0/s1. The van der Waals surface area contributed by atoms with Gasteiger partial charge in [0.05, 0.1) is 12.2 Å². The Kier molecular flexibility index (Phi) is 4.41. The van der Waals surface area contributed by atoms with Crippen molar-refractivity contribution in [2.24, 2.45) is 0 Å². The Morgan fingerprint density at radius 2 is 2.24 bits per heavy atom. The predicted octanol–water partition coefficient (Wildman–Crippen LogP) is 2.79. The summed E-state index contributed by atoms with van der Waals surface area (Å²) in [6.45, 7) is 4.62. The number of hydrogen-bond acceptors (Lipinski definition) is 5. The third kappa shape index (κ3) is 3.74. The summed E-state index contributed by atoms with van der Waals surface area (Å²) < 4.78 is 5.37. The molecular formula is C15H19ClN4O. The van der Waals surface area contributed by atoms with Crippen molar-refractivity contribution in [3.63, 3.8) is 0 Å².